The molecule has 1 aromatic rings. The smallest absolute Gasteiger partial charge is 0.260 e. The molecule has 6 atom stereocenters. The summed E-state index contributed by atoms with van der Waals surface area (Å²) in [5.74, 6) is -0.117. The number of nitrogens with zero attached hydrogens (tertiary/aromatic N) is 1. The van der Waals surface area contributed by atoms with Crippen molar-refractivity contribution in [2.75, 3.05) is 19.8 Å². The fourth-order valence-corrected chi connectivity index (χ4v) is 2.73. The highest BCUT2D eigenvalue weighted by atomic mass is 16.7. The van der Waals surface area contributed by atoms with Crippen LogP contribution in [0.25, 0.3) is 0 Å². The number of rotatable bonds is 5. The van der Waals surface area contributed by atoms with Crippen molar-refractivity contribution in [2.45, 2.75) is 36.8 Å². The van der Waals surface area contributed by atoms with Crippen molar-refractivity contribution >= 4 is 5.90 Å². The van der Waals surface area contributed by atoms with Gasteiger partial charge in [0, 0.05) is 5.56 Å². The van der Waals surface area contributed by atoms with Crippen molar-refractivity contribution in [3.63, 3.8) is 0 Å². The maximum absolute atomic E-state index is 10.2. The van der Waals surface area contributed by atoms with Gasteiger partial charge in [0.15, 0.2) is 19.0 Å². The Labute approximate surface area is 148 Å². The molecule has 3 rings (SSSR count). The third-order valence-corrected chi connectivity index (χ3v) is 4.14. The second-order valence-electron chi connectivity index (χ2n) is 5.88. The molecule has 26 heavy (non-hydrogen) atoms. The molecule has 1 saturated heterocycles. The van der Waals surface area contributed by atoms with E-state index < -0.39 is 43.4 Å². The second kappa shape index (κ2) is 8.16. The van der Waals surface area contributed by atoms with Gasteiger partial charge in [0.05, 0.1) is 6.61 Å². The SMILES string of the molecule is OC[C@H]1O[C@@H](OC(C2=NOCCO2)c2ccccc2O)[C@H](O)[C@H](O)[C@H]1O. The van der Waals surface area contributed by atoms with E-state index in [2.05, 4.69) is 5.16 Å². The van der Waals surface area contributed by atoms with Crippen molar-refractivity contribution in [2.24, 2.45) is 5.16 Å². The topological polar surface area (TPSA) is 150 Å². The Morgan fingerprint density at radius 2 is 1.88 bits per heavy atom. The lowest BCUT2D eigenvalue weighted by Crippen LogP contribution is -2.59. The third kappa shape index (κ3) is 3.75. The minimum Gasteiger partial charge on any atom is -0.508 e. The fraction of sp³-hybridized carbons (Fsp3) is 0.562. The predicted molar refractivity (Wildman–Crippen MR) is 85.0 cm³/mol. The van der Waals surface area contributed by atoms with E-state index in [-0.39, 0.29) is 30.4 Å². The van der Waals surface area contributed by atoms with Gasteiger partial charge in [0.25, 0.3) is 5.90 Å². The minimum atomic E-state index is -1.61. The monoisotopic (exact) mass is 371 g/mol. The summed E-state index contributed by atoms with van der Waals surface area (Å²) in [6, 6.07) is 6.26. The molecule has 2 aliphatic heterocycles. The van der Waals surface area contributed by atoms with Crippen LogP contribution in [-0.2, 0) is 19.0 Å². The van der Waals surface area contributed by atoms with Crippen LogP contribution in [0, 0.1) is 0 Å². The summed E-state index contributed by atoms with van der Waals surface area (Å²) in [4.78, 5) is 4.99. The van der Waals surface area contributed by atoms with E-state index in [1.807, 2.05) is 0 Å². The number of para-hydroxylation sites is 1. The molecule has 0 radical (unpaired) electrons. The lowest BCUT2D eigenvalue weighted by molar-refractivity contribution is -0.308. The summed E-state index contributed by atoms with van der Waals surface area (Å²) in [6.45, 7) is -0.134. The van der Waals surface area contributed by atoms with Gasteiger partial charge in [-0.3, -0.25) is 0 Å². The zero-order chi connectivity index (χ0) is 18.7. The third-order valence-electron chi connectivity index (χ3n) is 4.14. The summed E-state index contributed by atoms with van der Waals surface area (Å²) in [5, 5.41) is 53.1. The maximum atomic E-state index is 10.2. The van der Waals surface area contributed by atoms with Gasteiger partial charge in [0.1, 0.15) is 36.8 Å². The summed E-state index contributed by atoms with van der Waals surface area (Å²) >= 11 is 0. The molecule has 0 bridgehead atoms. The average molecular weight is 371 g/mol. The molecule has 5 N–H and O–H groups in total. The fourth-order valence-electron chi connectivity index (χ4n) is 2.73. The molecule has 10 heteroatoms. The van der Waals surface area contributed by atoms with E-state index in [4.69, 9.17) is 19.0 Å². The van der Waals surface area contributed by atoms with Gasteiger partial charge in [-0.2, -0.15) is 0 Å². The van der Waals surface area contributed by atoms with Crippen LogP contribution in [0.1, 0.15) is 11.7 Å². The molecule has 1 aromatic carbocycles. The lowest BCUT2D eigenvalue weighted by Gasteiger charge is -2.40. The minimum absolute atomic E-state index is 0.00490. The highest BCUT2D eigenvalue weighted by molar-refractivity contribution is 5.82. The Bertz CT molecular complexity index is 638. The van der Waals surface area contributed by atoms with Gasteiger partial charge >= 0.3 is 0 Å². The number of aliphatic hydroxyl groups is 4. The Hall–Kier alpha value is -1.95. The molecule has 0 aromatic heterocycles. The van der Waals surface area contributed by atoms with E-state index >= 15 is 0 Å². The molecular formula is C16H21NO9. The van der Waals surface area contributed by atoms with E-state index in [0.29, 0.717) is 0 Å². The Balaban J connectivity index is 1.88. The summed E-state index contributed by atoms with van der Waals surface area (Å²) in [7, 11) is 0. The highest BCUT2D eigenvalue weighted by Gasteiger charge is 2.46. The van der Waals surface area contributed by atoms with Crippen LogP contribution in [-0.4, -0.2) is 82.0 Å². The van der Waals surface area contributed by atoms with Crippen LogP contribution in [0.2, 0.25) is 0 Å². The number of phenolic OH excluding ortho intramolecular Hbond substituents is 1. The predicted octanol–water partition coefficient (Wildman–Crippen LogP) is -1.39. The Morgan fingerprint density at radius 1 is 1.12 bits per heavy atom. The van der Waals surface area contributed by atoms with E-state index in [9.17, 15) is 25.5 Å². The first-order chi connectivity index (χ1) is 12.5. The quantitative estimate of drug-likeness (QED) is 0.421. The number of aliphatic hydroxyl groups excluding tert-OH is 4. The van der Waals surface area contributed by atoms with Crippen LogP contribution in [0.4, 0.5) is 0 Å². The number of hydrogen-bond acceptors (Lipinski definition) is 10. The van der Waals surface area contributed by atoms with E-state index in [1.165, 1.54) is 6.07 Å². The molecule has 1 fully saturated rings. The molecule has 0 spiro atoms. The molecule has 0 aliphatic carbocycles. The van der Waals surface area contributed by atoms with Crippen molar-refractivity contribution in [1.82, 2.24) is 0 Å². The number of phenols is 1. The first kappa shape index (κ1) is 18.8. The zero-order valence-corrected chi connectivity index (χ0v) is 13.7. The van der Waals surface area contributed by atoms with Crippen LogP contribution in [0.3, 0.4) is 0 Å². The van der Waals surface area contributed by atoms with E-state index in [0.717, 1.165) is 0 Å². The van der Waals surface area contributed by atoms with E-state index in [1.54, 1.807) is 18.2 Å². The van der Waals surface area contributed by atoms with Crippen LogP contribution >= 0.6 is 0 Å². The summed E-state index contributed by atoms with van der Waals surface area (Å²) in [5.41, 5.74) is 0.272. The van der Waals surface area contributed by atoms with Crippen LogP contribution < -0.4 is 0 Å². The number of ether oxygens (including phenoxy) is 3. The second-order valence-corrected chi connectivity index (χ2v) is 5.88. The number of aromatic hydroxyl groups is 1. The molecule has 1 unspecified atom stereocenters. The number of benzene rings is 1. The van der Waals surface area contributed by atoms with Crippen LogP contribution in [0.5, 0.6) is 5.75 Å². The standard InChI is InChI=1S/C16H21NO9/c18-7-10-11(20)12(21)13(22)16(25-10)26-14(15-17-24-6-5-23-15)8-3-1-2-4-9(8)19/h1-4,10-14,16,18-22H,5-7H2/t10-,11+,12-,13-,14?,16+/m1/s1. The number of hydrogen-bond donors (Lipinski definition) is 5. The average Bonchev–Trinajstić information content (AvgIpc) is 2.67. The van der Waals surface area contributed by atoms with Crippen molar-refractivity contribution in [3.05, 3.63) is 29.8 Å². The van der Waals surface area contributed by atoms with Gasteiger partial charge in [-0.25, -0.2) is 0 Å². The number of oxime groups is 1. The van der Waals surface area contributed by atoms with Gasteiger partial charge in [-0.15, -0.1) is 0 Å². The summed E-state index contributed by atoms with van der Waals surface area (Å²) in [6.07, 6.45) is -8.38. The highest BCUT2D eigenvalue weighted by Crippen LogP contribution is 2.33. The zero-order valence-electron chi connectivity index (χ0n) is 13.7. The first-order valence-corrected chi connectivity index (χ1v) is 8.09. The Kier molecular flexibility index (Phi) is 5.91. The molecule has 2 aliphatic rings. The molecule has 144 valence electrons. The van der Waals surface area contributed by atoms with Crippen molar-refractivity contribution in [3.8, 4) is 5.75 Å². The molecular weight excluding hydrogens is 350 g/mol. The Morgan fingerprint density at radius 3 is 2.54 bits per heavy atom. The lowest BCUT2D eigenvalue weighted by atomic mass is 9.99. The van der Waals surface area contributed by atoms with Gasteiger partial charge in [-0.1, -0.05) is 18.2 Å². The van der Waals surface area contributed by atoms with Crippen LogP contribution in [0.15, 0.2) is 29.4 Å². The largest absolute Gasteiger partial charge is 0.508 e. The van der Waals surface area contributed by atoms with Crippen molar-refractivity contribution < 1.29 is 44.6 Å². The van der Waals surface area contributed by atoms with Gasteiger partial charge in [-0.05, 0) is 11.2 Å². The van der Waals surface area contributed by atoms with Gasteiger partial charge in [0.2, 0.25) is 0 Å². The molecule has 10 nitrogen and oxygen atoms in total. The summed E-state index contributed by atoms with van der Waals surface area (Å²) < 4.78 is 16.5. The molecule has 0 amide bonds. The molecule has 0 saturated carbocycles. The first-order valence-electron chi connectivity index (χ1n) is 8.09. The maximum Gasteiger partial charge on any atom is 0.260 e. The van der Waals surface area contributed by atoms with Gasteiger partial charge < -0.3 is 44.6 Å². The normalized spacial score (nSPS) is 32.9. The van der Waals surface area contributed by atoms with Crippen molar-refractivity contribution in [1.29, 1.82) is 0 Å². The molecule has 2 heterocycles.